The molecule has 0 bridgehead atoms. The lowest BCUT2D eigenvalue weighted by Crippen LogP contribution is -2.45. The number of carbonyl (C=O) groups excluding carboxylic acids is 1. The zero-order chi connectivity index (χ0) is 17.0. The molecule has 1 aromatic heterocycles. The van der Waals surface area contributed by atoms with Crippen LogP contribution in [0.5, 0.6) is 5.88 Å². The van der Waals surface area contributed by atoms with Gasteiger partial charge in [-0.25, -0.2) is 13.4 Å². The first-order valence-electron chi connectivity index (χ1n) is 7.63. The van der Waals surface area contributed by atoms with E-state index in [9.17, 15) is 13.2 Å². The third-order valence-electron chi connectivity index (χ3n) is 3.55. The highest BCUT2D eigenvalue weighted by molar-refractivity contribution is 7.88. The molecule has 1 N–H and O–H groups in total. The molecule has 1 amide bonds. The Morgan fingerprint density at radius 3 is 2.78 bits per heavy atom. The van der Waals surface area contributed by atoms with Crippen molar-refractivity contribution in [3.63, 3.8) is 0 Å². The van der Waals surface area contributed by atoms with Crippen molar-refractivity contribution in [1.29, 1.82) is 0 Å². The Hall–Kier alpha value is -1.67. The van der Waals surface area contributed by atoms with Crippen LogP contribution in [0.3, 0.4) is 0 Å². The van der Waals surface area contributed by atoms with Crippen LogP contribution in [0.2, 0.25) is 0 Å². The van der Waals surface area contributed by atoms with E-state index < -0.39 is 16.1 Å². The molecule has 7 nitrogen and oxygen atoms in total. The monoisotopic (exact) mass is 341 g/mol. The highest BCUT2D eigenvalue weighted by Crippen LogP contribution is 2.20. The Bertz CT molecular complexity index is 643. The number of carbonyl (C=O) groups is 1. The highest BCUT2D eigenvalue weighted by Gasteiger charge is 2.36. The summed E-state index contributed by atoms with van der Waals surface area (Å²) >= 11 is 0. The Labute approximate surface area is 137 Å². The molecule has 0 radical (unpaired) electrons. The minimum atomic E-state index is -3.35. The number of pyridine rings is 1. The zero-order valence-corrected chi connectivity index (χ0v) is 14.5. The largest absolute Gasteiger partial charge is 0.475 e. The minimum Gasteiger partial charge on any atom is -0.475 e. The first-order chi connectivity index (χ1) is 10.8. The molecule has 1 aliphatic heterocycles. The van der Waals surface area contributed by atoms with Crippen molar-refractivity contribution in [3.8, 4) is 5.88 Å². The van der Waals surface area contributed by atoms with E-state index in [2.05, 4.69) is 10.3 Å². The quantitative estimate of drug-likeness (QED) is 0.831. The van der Waals surface area contributed by atoms with Gasteiger partial charge in [-0.15, -0.1) is 0 Å². The van der Waals surface area contributed by atoms with Crippen molar-refractivity contribution < 1.29 is 17.9 Å². The summed E-state index contributed by atoms with van der Waals surface area (Å²) in [6.45, 7) is 4.55. The predicted octanol–water partition coefficient (Wildman–Crippen LogP) is 0.909. The smallest absolute Gasteiger partial charge is 0.238 e. The molecule has 1 saturated heterocycles. The standard InChI is InChI=1S/C15H23N3O4S/c1-11(2)22-14-7-6-12(9-16-14)10-17-15(19)13-5-4-8-18(13)23(3,20)21/h6-7,9,11,13H,4-5,8,10H2,1-3H3,(H,17,19)/t13-/m0/s1. The molecular formula is C15H23N3O4S. The van der Waals surface area contributed by atoms with Gasteiger partial charge in [0.15, 0.2) is 0 Å². The average molecular weight is 341 g/mol. The van der Waals surface area contributed by atoms with Gasteiger partial charge < -0.3 is 10.1 Å². The van der Waals surface area contributed by atoms with E-state index >= 15 is 0 Å². The summed E-state index contributed by atoms with van der Waals surface area (Å²) in [7, 11) is -3.35. The summed E-state index contributed by atoms with van der Waals surface area (Å²) in [5.41, 5.74) is 0.832. The second kappa shape index (κ2) is 7.27. The fourth-order valence-electron chi connectivity index (χ4n) is 2.53. The summed E-state index contributed by atoms with van der Waals surface area (Å²) in [6, 6.07) is 2.97. The second-order valence-corrected chi connectivity index (χ2v) is 7.86. The Kier molecular flexibility index (Phi) is 5.59. The zero-order valence-electron chi connectivity index (χ0n) is 13.7. The molecule has 23 heavy (non-hydrogen) atoms. The molecule has 1 aromatic rings. The van der Waals surface area contributed by atoms with E-state index in [-0.39, 0.29) is 12.0 Å². The van der Waals surface area contributed by atoms with E-state index in [0.717, 1.165) is 11.8 Å². The van der Waals surface area contributed by atoms with E-state index in [4.69, 9.17) is 4.74 Å². The van der Waals surface area contributed by atoms with Gasteiger partial charge in [0.25, 0.3) is 0 Å². The maximum Gasteiger partial charge on any atom is 0.238 e. The number of ether oxygens (including phenoxy) is 1. The van der Waals surface area contributed by atoms with Crippen LogP contribution in [0.25, 0.3) is 0 Å². The second-order valence-electron chi connectivity index (χ2n) is 5.92. The maximum absolute atomic E-state index is 12.2. The summed E-state index contributed by atoms with van der Waals surface area (Å²) < 4.78 is 30.1. The molecule has 1 atom stereocenters. The third kappa shape index (κ3) is 4.90. The first kappa shape index (κ1) is 17.7. The summed E-state index contributed by atoms with van der Waals surface area (Å²) in [5.74, 6) is 0.268. The lowest BCUT2D eigenvalue weighted by molar-refractivity contribution is -0.124. The molecule has 0 unspecified atom stereocenters. The number of amides is 1. The topological polar surface area (TPSA) is 88.6 Å². The van der Waals surface area contributed by atoms with Crippen molar-refractivity contribution in [1.82, 2.24) is 14.6 Å². The SMILES string of the molecule is CC(C)Oc1ccc(CNC(=O)[C@@H]2CCCN2S(C)(=O)=O)cn1. The van der Waals surface area contributed by atoms with Crippen molar-refractivity contribution in [2.24, 2.45) is 0 Å². The molecule has 2 rings (SSSR count). The number of rotatable bonds is 6. The number of nitrogens with one attached hydrogen (secondary N) is 1. The van der Waals surface area contributed by atoms with Crippen LogP contribution < -0.4 is 10.1 Å². The average Bonchev–Trinajstić information content (AvgIpc) is 2.95. The van der Waals surface area contributed by atoms with Gasteiger partial charge in [0.2, 0.25) is 21.8 Å². The molecule has 1 fully saturated rings. The number of nitrogens with zero attached hydrogens (tertiary/aromatic N) is 2. The van der Waals surface area contributed by atoms with Gasteiger partial charge >= 0.3 is 0 Å². The first-order valence-corrected chi connectivity index (χ1v) is 9.48. The van der Waals surface area contributed by atoms with Crippen LogP contribution in [0.1, 0.15) is 32.3 Å². The van der Waals surface area contributed by atoms with E-state index in [1.54, 1.807) is 12.3 Å². The van der Waals surface area contributed by atoms with Crippen LogP contribution in [-0.2, 0) is 21.4 Å². The fourth-order valence-corrected chi connectivity index (χ4v) is 3.66. The summed E-state index contributed by atoms with van der Waals surface area (Å²) in [5, 5.41) is 2.78. The Morgan fingerprint density at radius 1 is 1.48 bits per heavy atom. The minimum absolute atomic E-state index is 0.0531. The maximum atomic E-state index is 12.2. The third-order valence-corrected chi connectivity index (χ3v) is 4.84. The molecule has 2 heterocycles. The number of aromatic nitrogens is 1. The van der Waals surface area contributed by atoms with Crippen molar-refractivity contribution >= 4 is 15.9 Å². The molecule has 0 aliphatic carbocycles. The van der Waals surface area contributed by atoms with Crippen molar-refractivity contribution in [3.05, 3.63) is 23.9 Å². The number of hydrogen-bond acceptors (Lipinski definition) is 5. The predicted molar refractivity (Wildman–Crippen MR) is 86.4 cm³/mol. The molecule has 0 spiro atoms. The van der Waals surface area contributed by atoms with Crippen LogP contribution >= 0.6 is 0 Å². The summed E-state index contributed by atoms with van der Waals surface area (Å²) in [4.78, 5) is 16.4. The Morgan fingerprint density at radius 2 is 2.22 bits per heavy atom. The number of hydrogen-bond donors (Lipinski definition) is 1. The van der Waals surface area contributed by atoms with Gasteiger partial charge in [0.1, 0.15) is 6.04 Å². The Balaban J connectivity index is 1.91. The van der Waals surface area contributed by atoms with Crippen LogP contribution in [-0.4, -0.2) is 48.6 Å². The molecule has 128 valence electrons. The van der Waals surface area contributed by atoms with Crippen LogP contribution in [0.15, 0.2) is 18.3 Å². The molecule has 8 heteroatoms. The molecule has 0 saturated carbocycles. The van der Waals surface area contributed by atoms with Gasteiger partial charge in [-0.05, 0) is 32.3 Å². The van der Waals surface area contributed by atoms with Gasteiger partial charge in [0.05, 0.1) is 12.4 Å². The summed E-state index contributed by atoms with van der Waals surface area (Å²) in [6.07, 6.45) is 4.08. The normalized spacial score (nSPS) is 19.0. The van der Waals surface area contributed by atoms with E-state index in [1.165, 1.54) is 4.31 Å². The fraction of sp³-hybridized carbons (Fsp3) is 0.600. The lowest BCUT2D eigenvalue weighted by atomic mass is 10.2. The lowest BCUT2D eigenvalue weighted by Gasteiger charge is -2.21. The van der Waals surface area contributed by atoms with Gasteiger partial charge in [-0.1, -0.05) is 6.07 Å². The highest BCUT2D eigenvalue weighted by atomic mass is 32.2. The van der Waals surface area contributed by atoms with Gasteiger partial charge in [0, 0.05) is 25.4 Å². The van der Waals surface area contributed by atoms with Crippen molar-refractivity contribution in [2.75, 3.05) is 12.8 Å². The van der Waals surface area contributed by atoms with Crippen LogP contribution in [0, 0.1) is 0 Å². The van der Waals surface area contributed by atoms with E-state index in [0.29, 0.717) is 31.8 Å². The van der Waals surface area contributed by atoms with Crippen molar-refractivity contribution in [2.45, 2.75) is 45.4 Å². The number of sulfonamides is 1. The molecule has 0 aromatic carbocycles. The molecule has 1 aliphatic rings. The van der Waals surface area contributed by atoms with E-state index in [1.807, 2.05) is 19.9 Å². The molecular weight excluding hydrogens is 318 g/mol. The van der Waals surface area contributed by atoms with Gasteiger partial charge in [-0.2, -0.15) is 4.31 Å². The van der Waals surface area contributed by atoms with Crippen LogP contribution in [0.4, 0.5) is 0 Å². The van der Waals surface area contributed by atoms with Gasteiger partial charge in [-0.3, -0.25) is 4.79 Å².